The number of hydrogen-bond donors (Lipinski definition) is 0. The van der Waals surface area contributed by atoms with Crippen LogP contribution in [-0.2, 0) is 33.4 Å². The molecule has 3 heterocycles. The van der Waals surface area contributed by atoms with Gasteiger partial charge in [-0.3, -0.25) is 9.69 Å². The minimum Gasteiger partial charge on any atom is -0.465 e. The van der Waals surface area contributed by atoms with Crippen molar-refractivity contribution in [1.29, 1.82) is 0 Å². The fraction of sp³-hybridized carbons (Fsp3) is 0.310. The van der Waals surface area contributed by atoms with Gasteiger partial charge in [-0.25, -0.2) is 19.2 Å². The smallest absolute Gasteiger partial charge is 0.421 e. The molecule has 0 fully saturated rings. The molecule has 1 amide bonds. The lowest BCUT2D eigenvalue weighted by Crippen LogP contribution is -2.47. The minimum absolute atomic E-state index is 0.108. The second-order valence-electron chi connectivity index (χ2n) is 9.56. The number of alkyl halides is 3. The molecule has 0 aliphatic heterocycles. The molecule has 0 radical (unpaired) electrons. The van der Waals surface area contributed by atoms with Gasteiger partial charge in [0.05, 0.1) is 61.6 Å². The monoisotopic (exact) mass is 666 g/mol. The molecule has 0 spiro atoms. The third kappa shape index (κ3) is 8.13. The van der Waals surface area contributed by atoms with E-state index in [1.165, 1.54) is 49.7 Å². The van der Waals surface area contributed by atoms with Crippen LogP contribution < -0.4 is 9.64 Å². The van der Waals surface area contributed by atoms with E-state index in [-0.39, 0.29) is 48.1 Å². The Balaban J connectivity index is 1.79. The van der Waals surface area contributed by atoms with Gasteiger partial charge in [-0.05, 0) is 30.2 Å². The van der Waals surface area contributed by atoms with Crippen LogP contribution in [0, 0.1) is 5.82 Å². The topological polar surface area (TPSA) is 131 Å². The van der Waals surface area contributed by atoms with Crippen LogP contribution in [-0.4, -0.2) is 77.4 Å². The first kappa shape index (κ1) is 34.2. The van der Waals surface area contributed by atoms with Crippen molar-refractivity contribution in [2.24, 2.45) is 0 Å². The number of anilines is 1. The maximum atomic E-state index is 15.7. The molecule has 17 heteroatoms. The van der Waals surface area contributed by atoms with Crippen molar-refractivity contribution >= 4 is 29.2 Å². The fourth-order valence-corrected chi connectivity index (χ4v) is 4.49. The summed E-state index contributed by atoms with van der Waals surface area (Å²) in [7, 11) is 3.75. The number of aromatic nitrogens is 5. The van der Waals surface area contributed by atoms with Crippen LogP contribution in [0.1, 0.15) is 32.0 Å². The molecular weight excluding hydrogens is 640 g/mol. The third-order valence-electron chi connectivity index (χ3n) is 6.45. The number of hydrogen-bond acceptors (Lipinski definition) is 10. The molecule has 46 heavy (non-hydrogen) atoms. The predicted molar refractivity (Wildman–Crippen MR) is 154 cm³/mol. The van der Waals surface area contributed by atoms with E-state index in [2.05, 4.69) is 20.2 Å². The van der Waals surface area contributed by atoms with Crippen molar-refractivity contribution in [2.45, 2.75) is 25.2 Å². The van der Waals surface area contributed by atoms with Crippen LogP contribution in [0.15, 0.2) is 55.1 Å². The Morgan fingerprint density at radius 3 is 2.28 bits per heavy atom. The first-order chi connectivity index (χ1) is 22.0. The van der Waals surface area contributed by atoms with Crippen molar-refractivity contribution < 1.29 is 46.1 Å². The highest BCUT2D eigenvalue weighted by molar-refractivity contribution is 6.30. The van der Waals surface area contributed by atoms with E-state index >= 15 is 4.39 Å². The summed E-state index contributed by atoms with van der Waals surface area (Å²) in [5.74, 6) is -4.83. The normalized spacial score (nSPS) is 11.5. The van der Waals surface area contributed by atoms with Gasteiger partial charge in [0, 0.05) is 38.7 Å². The lowest BCUT2D eigenvalue weighted by Gasteiger charge is -2.32. The molecule has 244 valence electrons. The van der Waals surface area contributed by atoms with Crippen LogP contribution in [0.2, 0.25) is 5.02 Å². The molecule has 4 aromatic rings. The van der Waals surface area contributed by atoms with Gasteiger partial charge in [-0.15, -0.1) is 0 Å². The van der Waals surface area contributed by atoms with E-state index in [0.717, 1.165) is 36.4 Å². The van der Waals surface area contributed by atoms with Gasteiger partial charge in [-0.2, -0.15) is 28.2 Å². The first-order valence-electron chi connectivity index (χ1n) is 13.4. The van der Waals surface area contributed by atoms with E-state index in [1.807, 2.05) is 0 Å². The van der Waals surface area contributed by atoms with Gasteiger partial charge in [0.2, 0.25) is 5.88 Å². The number of carbonyl (C=O) groups is 2. The number of benzene rings is 1. The van der Waals surface area contributed by atoms with Gasteiger partial charge in [-0.1, -0.05) is 11.6 Å². The first-order valence-corrected chi connectivity index (χ1v) is 13.8. The largest absolute Gasteiger partial charge is 0.465 e. The quantitative estimate of drug-likeness (QED) is 0.142. The average Bonchev–Trinajstić information content (AvgIpc) is 3.55. The number of nitrogens with zero attached hydrogens (tertiary/aromatic N) is 6. The summed E-state index contributed by atoms with van der Waals surface area (Å²) in [5, 5.41) is 8.06. The van der Waals surface area contributed by atoms with Crippen LogP contribution in [0.5, 0.6) is 11.6 Å². The zero-order chi connectivity index (χ0) is 33.4. The number of esters is 1. The molecule has 0 bridgehead atoms. The van der Waals surface area contributed by atoms with Gasteiger partial charge in [0.15, 0.2) is 11.6 Å². The van der Waals surface area contributed by atoms with E-state index in [1.54, 1.807) is 0 Å². The Hall–Kier alpha value is -4.67. The van der Waals surface area contributed by atoms with Crippen molar-refractivity contribution in [3.63, 3.8) is 0 Å². The zero-order valence-electron chi connectivity index (χ0n) is 24.6. The Labute approximate surface area is 264 Å². The average molecular weight is 667 g/mol. The third-order valence-corrected chi connectivity index (χ3v) is 6.67. The summed E-state index contributed by atoms with van der Waals surface area (Å²) >= 11 is 5.92. The van der Waals surface area contributed by atoms with Crippen molar-refractivity contribution in [2.75, 3.05) is 39.4 Å². The molecular formula is C29H27ClF4N6O6. The van der Waals surface area contributed by atoms with Crippen molar-refractivity contribution in [1.82, 2.24) is 25.0 Å². The lowest BCUT2D eigenvalue weighted by molar-refractivity contribution is -0.139. The van der Waals surface area contributed by atoms with Gasteiger partial charge in [0.1, 0.15) is 11.3 Å². The summed E-state index contributed by atoms with van der Waals surface area (Å²) in [6, 6.07) is 4.19. The number of carbonyl (C=O) groups excluding carboxylic acids is 2. The van der Waals surface area contributed by atoms with E-state index in [4.69, 9.17) is 30.5 Å². The Kier molecular flexibility index (Phi) is 11.2. The standard InChI is InChI=1S/C29H27ClF4N6O6/c1-43-15-19(16-44-2)40(27(41)23-5-4-18(30)14-35-23)24-12-22(31)25(11-20(24)28(42)45-3)46-26-21(29(32,33)34)10-17(13-36-26)6-9-39-37-7-8-38-39/h4-5,7-8,10-14,19H,6,9,15-16H2,1-3H3. The minimum atomic E-state index is -4.94. The fourth-order valence-electron chi connectivity index (χ4n) is 4.38. The van der Waals surface area contributed by atoms with Gasteiger partial charge < -0.3 is 18.9 Å². The molecule has 0 saturated heterocycles. The van der Waals surface area contributed by atoms with Crippen LogP contribution in [0.3, 0.4) is 0 Å². The molecule has 0 aliphatic carbocycles. The molecule has 0 saturated carbocycles. The van der Waals surface area contributed by atoms with Crippen molar-refractivity contribution in [3.05, 3.63) is 88.3 Å². The summed E-state index contributed by atoms with van der Waals surface area (Å²) in [6.45, 7) is -0.0801. The second-order valence-corrected chi connectivity index (χ2v) is 10.0. The number of methoxy groups -OCH3 is 3. The highest BCUT2D eigenvalue weighted by atomic mass is 35.5. The number of ether oxygens (including phenoxy) is 4. The summed E-state index contributed by atoms with van der Waals surface area (Å²) in [4.78, 5) is 36.9. The maximum absolute atomic E-state index is 15.7. The number of aryl methyl sites for hydroxylation is 2. The van der Waals surface area contributed by atoms with Crippen LogP contribution in [0.4, 0.5) is 23.2 Å². The zero-order valence-corrected chi connectivity index (χ0v) is 25.4. The summed E-state index contributed by atoms with van der Waals surface area (Å²) in [5.41, 5.74) is -1.96. The molecule has 12 nitrogen and oxygen atoms in total. The molecule has 3 aromatic heterocycles. The maximum Gasteiger partial charge on any atom is 0.421 e. The Morgan fingerprint density at radius 1 is 1.00 bits per heavy atom. The Bertz CT molecular complexity index is 1650. The summed E-state index contributed by atoms with van der Waals surface area (Å²) < 4.78 is 78.7. The molecule has 0 unspecified atom stereocenters. The highest BCUT2D eigenvalue weighted by Gasteiger charge is 2.37. The van der Waals surface area contributed by atoms with Crippen LogP contribution >= 0.6 is 11.6 Å². The lowest BCUT2D eigenvalue weighted by atomic mass is 10.1. The van der Waals surface area contributed by atoms with Crippen LogP contribution in [0.25, 0.3) is 0 Å². The SMILES string of the molecule is COCC(COC)N(C(=O)c1ccc(Cl)cn1)c1cc(F)c(Oc2ncc(CCn3nccn3)cc2C(F)(F)F)cc1C(=O)OC. The highest BCUT2D eigenvalue weighted by Crippen LogP contribution is 2.40. The van der Waals surface area contributed by atoms with E-state index < -0.39 is 52.7 Å². The molecule has 4 rings (SSSR count). The number of halogens is 5. The van der Waals surface area contributed by atoms with E-state index in [9.17, 15) is 22.8 Å². The molecule has 1 aromatic carbocycles. The van der Waals surface area contributed by atoms with Crippen molar-refractivity contribution in [3.8, 4) is 11.6 Å². The number of pyridine rings is 2. The molecule has 0 N–H and O–H groups in total. The summed E-state index contributed by atoms with van der Waals surface area (Å²) in [6.07, 6.45) is 0.387. The van der Waals surface area contributed by atoms with Gasteiger partial charge in [0.25, 0.3) is 5.91 Å². The number of rotatable bonds is 13. The molecule has 0 atom stereocenters. The Morgan fingerprint density at radius 2 is 1.70 bits per heavy atom. The van der Waals surface area contributed by atoms with E-state index in [0.29, 0.717) is 0 Å². The van der Waals surface area contributed by atoms with Gasteiger partial charge >= 0.3 is 12.1 Å². The second kappa shape index (κ2) is 15.1. The number of amides is 1. The molecule has 0 aliphatic rings. The predicted octanol–water partition coefficient (Wildman–Crippen LogP) is 5.01.